The third-order valence-corrected chi connectivity index (χ3v) is 6.67. The molecule has 1 atom stereocenters. The number of nitrogens with zero attached hydrogens (tertiary/aromatic N) is 2. The normalized spacial score (nSPS) is 20.0. The molecule has 0 radical (unpaired) electrons. The molecule has 0 bridgehead atoms. The number of carbonyl (C=O) groups excluding carboxylic acids is 2. The van der Waals surface area contributed by atoms with Crippen LogP contribution < -0.4 is 5.32 Å². The molecule has 2 fully saturated rings. The first-order valence-corrected chi connectivity index (χ1v) is 10.4. The largest absolute Gasteiger partial charge is 0.349 e. The average Bonchev–Trinajstić information content (AvgIpc) is 3.00. The Morgan fingerprint density at radius 3 is 2.88 bits per heavy atom. The van der Waals surface area contributed by atoms with Crippen LogP contribution in [0.1, 0.15) is 57.0 Å². The Labute approximate surface area is 155 Å². The predicted molar refractivity (Wildman–Crippen MR) is 99.1 cm³/mol. The Kier molecular flexibility index (Phi) is 4.60. The SMILES string of the molecule is Cc1nc(CC(=O)N2CCCC2c2ccc(C(=O)NC3CC3)s2)cs1. The summed E-state index contributed by atoms with van der Waals surface area (Å²) in [5.41, 5.74) is 0.855. The Hall–Kier alpha value is -1.73. The van der Waals surface area contributed by atoms with E-state index < -0.39 is 0 Å². The lowest BCUT2D eigenvalue weighted by Gasteiger charge is -2.23. The van der Waals surface area contributed by atoms with Gasteiger partial charge in [-0.1, -0.05) is 0 Å². The second-order valence-electron chi connectivity index (χ2n) is 6.73. The fraction of sp³-hybridized carbons (Fsp3) is 0.500. The molecule has 1 N–H and O–H groups in total. The highest BCUT2D eigenvalue weighted by Crippen LogP contribution is 2.36. The molecule has 7 heteroatoms. The zero-order valence-electron chi connectivity index (χ0n) is 14.2. The number of rotatable bonds is 5. The summed E-state index contributed by atoms with van der Waals surface area (Å²) >= 11 is 3.10. The topological polar surface area (TPSA) is 62.3 Å². The van der Waals surface area contributed by atoms with Gasteiger partial charge in [-0.25, -0.2) is 4.98 Å². The Bertz CT molecular complexity index is 794. The van der Waals surface area contributed by atoms with Gasteiger partial charge in [0.25, 0.3) is 5.91 Å². The molecule has 3 heterocycles. The highest BCUT2D eigenvalue weighted by molar-refractivity contribution is 7.14. The fourth-order valence-electron chi connectivity index (χ4n) is 3.25. The van der Waals surface area contributed by atoms with E-state index in [1.165, 1.54) is 11.3 Å². The van der Waals surface area contributed by atoms with Crippen LogP contribution >= 0.6 is 22.7 Å². The van der Waals surface area contributed by atoms with Gasteiger partial charge in [0, 0.05) is 22.8 Å². The summed E-state index contributed by atoms with van der Waals surface area (Å²) in [5, 5.41) is 5.98. The molecule has 0 spiro atoms. The monoisotopic (exact) mass is 375 g/mol. The van der Waals surface area contributed by atoms with Crippen molar-refractivity contribution < 1.29 is 9.59 Å². The predicted octanol–water partition coefficient (Wildman–Crippen LogP) is 3.31. The number of likely N-dealkylation sites (tertiary alicyclic amines) is 1. The van der Waals surface area contributed by atoms with Crippen molar-refractivity contribution in [1.82, 2.24) is 15.2 Å². The molecule has 1 saturated heterocycles. The van der Waals surface area contributed by atoms with Gasteiger partial charge in [-0.3, -0.25) is 9.59 Å². The fourth-order valence-corrected chi connectivity index (χ4v) is 4.92. The van der Waals surface area contributed by atoms with Crippen LogP contribution in [-0.4, -0.2) is 34.3 Å². The van der Waals surface area contributed by atoms with Crippen molar-refractivity contribution in [2.45, 2.75) is 51.1 Å². The maximum atomic E-state index is 12.7. The van der Waals surface area contributed by atoms with Crippen molar-refractivity contribution in [2.75, 3.05) is 6.54 Å². The van der Waals surface area contributed by atoms with Crippen LogP contribution in [0.4, 0.5) is 0 Å². The molecule has 1 aliphatic carbocycles. The number of hydrogen-bond donors (Lipinski definition) is 1. The van der Waals surface area contributed by atoms with Gasteiger partial charge in [-0.2, -0.15) is 0 Å². The molecule has 2 aromatic heterocycles. The number of aromatic nitrogens is 1. The Morgan fingerprint density at radius 1 is 1.32 bits per heavy atom. The Balaban J connectivity index is 1.44. The van der Waals surface area contributed by atoms with Gasteiger partial charge in [0.1, 0.15) is 0 Å². The van der Waals surface area contributed by atoms with E-state index in [2.05, 4.69) is 10.3 Å². The van der Waals surface area contributed by atoms with Crippen LogP contribution in [0.25, 0.3) is 0 Å². The van der Waals surface area contributed by atoms with Crippen molar-refractivity contribution in [1.29, 1.82) is 0 Å². The van der Waals surface area contributed by atoms with Gasteiger partial charge < -0.3 is 10.2 Å². The first kappa shape index (κ1) is 16.7. The lowest BCUT2D eigenvalue weighted by molar-refractivity contribution is -0.131. The minimum absolute atomic E-state index is 0.0209. The first-order chi connectivity index (χ1) is 12.1. The molecule has 2 amide bonds. The third-order valence-electron chi connectivity index (χ3n) is 4.66. The lowest BCUT2D eigenvalue weighted by Crippen LogP contribution is -2.31. The molecule has 4 rings (SSSR count). The molecular formula is C18H21N3O2S2. The van der Waals surface area contributed by atoms with Crippen molar-refractivity contribution in [3.63, 3.8) is 0 Å². The van der Waals surface area contributed by atoms with Crippen LogP contribution in [0, 0.1) is 6.92 Å². The quantitative estimate of drug-likeness (QED) is 0.872. The number of hydrogen-bond acceptors (Lipinski definition) is 5. The number of thiophene rings is 1. The summed E-state index contributed by atoms with van der Waals surface area (Å²) in [4.78, 5) is 33.1. The maximum absolute atomic E-state index is 12.7. The number of nitrogens with one attached hydrogen (secondary N) is 1. The minimum Gasteiger partial charge on any atom is -0.349 e. The zero-order valence-corrected chi connectivity index (χ0v) is 15.8. The van der Waals surface area contributed by atoms with E-state index in [1.54, 1.807) is 11.3 Å². The summed E-state index contributed by atoms with van der Waals surface area (Å²) in [6.45, 7) is 2.74. The van der Waals surface area contributed by atoms with Gasteiger partial charge in [0.05, 0.1) is 28.0 Å². The number of carbonyl (C=O) groups is 2. The summed E-state index contributed by atoms with van der Waals surface area (Å²) in [6, 6.07) is 4.36. The van der Waals surface area contributed by atoms with Crippen LogP contribution in [0.15, 0.2) is 17.5 Å². The van der Waals surface area contributed by atoms with Gasteiger partial charge in [-0.15, -0.1) is 22.7 Å². The molecule has 0 aromatic carbocycles. The van der Waals surface area contributed by atoms with E-state index >= 15 is 0 Å². The van der Waals surface area contributed by atoms with Crippen molar-refractivity contribution >= 4 is 34.5 Å². The van der Waals surface area contributed by atoms with Gasteiger partial charge in [0.2, 0.25) is 5.91 Å². The van der Waals surface area contributed by atoms with E-state index in [1.807, 2.05) is 29.3 Å². The second kappa shape index (κ2) is 6.88. The molecule has 2 aromatic rings. The van der Waals surface area contributed by atoms with E-state index in [9.17, 15) is 9.59 Å². The van der Waals surface area contributed by atoms with E-state index in [4.69, 9.17) is 0 Å². The van der Waals surface area contributed by atoms with Gasteiger partial charge in [-0.05, 0) is 44.7 Å². The standard InChI is InChI=1S/C18H21N3O2S2/c1-11-19-13(10-24-11)9-17(22)21-8-2-3-14(21)15-6-7-16(25-15)18(23)20-12-4-5-12/h6-7,10,12,14H,2-5,8-9H2,1H3,(H,20,23). The molecule has 1 saturated carbocycles. The van der Waals surface area contributed by atoms with Crippen LogP contribution in [0.2, 0.25) is 0 Å². The molecule has 5 nitrogen and oxygen atoms in total. The molecule has 2 aliphatic rings. The van der Waals surface area contributed by atoms with Crippen molar-refractivity contribution in [3.8, 4) is 0 Å². The minimum atomic E-state index is 0.0209. The van der Waals surface area contributed by atoms with Crippen LogP contribution in [-0.2, 0) is 11.2 Å². The van der Waals surface area contributed by atoms with Crippen molar-refractivity contribution in [2.24, 2.45) is 0 Å². The second-order valence-corrected chi connectivity index (χ2v) is 8.91. The smallest absolute Gasteiger partial charge is 0.261 e. The van der Waals surface area contributed by atoms with E-state index in [0.717, 1.165) is 52.7 Å². The molecule has 1 aliphatic heterocycles. The first-order valence-electron chi connectivity index (χ1n) is 8.71. The van der Waals surface area contributed by atoms with E-state index in [0.29, 0.717) is 12.5 Å². The molecule has 1 unspecified atom stereocenters. The summed E-state index contributed by atoms with van der Waals surface area (Å²) in [5.74, 6) is 0.151. The zero-order chi connectivity index (χ0) is 17.4. The summed E-state index contributed by atoms with van der Waals surface area (Å²) < 4.78 is 0. The molecule has 132 valence electrons. The lowest BCUT2D eigenvalue weighted by atomic mass is 10.1. The van der Waals surface area contributed by atoms with Gasteiger partial charge in [0.15, 0.2) is 0 Å². The van der Waals surface area contributed by atoms with E-state index in [-0.39, 0.29) is 17.9 Å². The number of amides is 2. The highest BCUT2D eigenvalue weighted by Gasteiger charge is 2.32. The summed E-state index contributed by atoms with van der Waals surface area (Å²) in [6.07, 6.45) is 4.51. The molecular weight excluding hydrogens is 354 g/mol. The number of thiazole rings is 1. The van der Waals surface area contributed by atoms with Crippen LogP contribution in [0.3, 0.4) is 0 Å². The third kappa shape index (κ3) is 3.77. The Morgan fingerprint density at radius 2 is 2.16 bits per heavy atom. The molecule has 25 heavy (non-hydrogen) atoms. The summed E-state index contributed by atoms with van der Waals surface area (Å²) in [7, 11) is 0. The van der Waals surface area contributed by atoms with Crippen molar-refractivity contribution in [3.05, 3.63) is 38.0 Å². The highest BCUT2D eigenvalue weighted by atomic mass is 32.1. The average molecular weight is 376 g/mol. The number of aryl methyl sites for hydroxylation is 1. The van der Waals surface area contributed by atoms with Gasteiger partial charge >= 0.3 is 0 Å². The maximum Gasteiger partial charge on any atom is 0.261 e. The van der Waals surface area contributed by atoms with Crippen LogP contribution in [0.5, 0.6) is 0 Å².